The van der Waals surface area contributed by atoms with Gasteiger partial charge in [-0.1, -0.05) is 12.8 Å². The summed E-state index contributed by atoms with van der Waals surface area (Å²) in [5.41, 5.74) is 0.385. The molecule has 1 saturated carbocycles. The Balaban J connectivity index is 2.24. The quantitative estimate of drug-likeness (QED) is 0.896. The van der Waals surface area contributed by atoms with E-state index < -0.39 is 17.4 Å². The number of carboxylic acids is 1. The molecular weight excluding hydrogens is 294 g/mol. The molecule has 2 rings (SSSR count). The van der Waals surface area contributed by atoms with Crippen molar-refractivity contribution in [1.29, 1.82) is 0 Å². The molecule has 23 heavy (non-hydrogen) atoms. The number of nitrogens with zero attached hydrogens (tertiary/aromatic N) is 2. The van der Waals surface area contributed by atoms with E-state index in [0.717, 1.165) is 18.5 Å². The van der Waals surface area contributed by atoms with Crippen LogP contribution in [0.1, 0.15) is 69.4 Å². The molecule has 2 unspecified atom stereocenters. The third-order valence-corrected chi connectivity index (χ3v) is 4.80. The van der Waals surface area contributed by atoms with Gasteiger partial charge in [0.05, 0.1) is 28.8 Å². The zero-order chi connectivity index (χ0) is 17.4. The van der Waals surface area contributed by atoms with Gasteiger partial charge in [-0.3, -0.25) is 14.3 Å². The number of aromatic nitrogens is 2. The van der Waals surface area contributed by atoms with Crippen LogP contribution >= 0.6 is 0 Å². The van der Waals surface area contributed by atoms with Gasteiger partial charge >= 0.3 is 5.97 Å². The minimum Gasteiger partial charge on any atom is -0.481 e. The number of carboxylic acid groups (broad SMARTS) is 1. The fraction of sp³-hybridized carbons (Fsp3) is 0.706. The normalized spacial score (nSPS) is 25.2. The molecule has 1 heterocycles. The molecule has 0 spiro atoms. The van der Waals surface area contributed by atoms with Crippen molar-refractivity contribution in [3.05, 3.63) is 17.5 Å². The number of carbonyl (C=O) groups excluding carboxylic acids is 1. The molecule has 1 aliphatic carbocycles. The second-order valence-corrected chi connectivity index (χ2v) is 7.73. The van der Waals surface area contributed by atoms with Gasteiger partial charge in [0.2, 0.25) is 0 Å². The topological polar surface area (TPSA) is 84.2 Å². The first-order chi connectivity index (χ1) is 10.6. The summed E-state index contributed by atoms with van der Waals surface area (Å²) >= 11 is 0. The molecule has 1 fully saturated rings. The van der Waals surface area contributed by atoms with Crippen LogP contribution < -0.4 is 5.32 Å². The Bertz CT molecular complexity index is 615. The average Bonchev–Trinajstić information content (AvgIpc) is 2.80. The van der Waals surface area contributed by atoms with Crippen LogP contribution in [0.4, 0.5) is 0 Å². The second-order valence-electron chi connectivity index (χ2n) is 7.73. The number of amides is 1. The number of nitrogens with one attached hydrogen (secondary N) is 1. The largest absolute Gasteiger partial charge is 0.481 e. The van der Waals surface area contributed by atoms with Crippen molar-refractivity contribution in [2.24, 2.45) is 5.92 Å². The lowest BCUT2D eigenvalue weighted by Crippen LogP contribution is -2.55. The number of carbonyl (C=O) groups is 2. The van der Waals surface area contributed by atoms with Crippen molar-refractivity contribution in [3.8, 4) is 0 Å². The molecule has 128 valence electrons. The molecule has 0 bridgehead atoms. The SMILES string of the molecule is Cc1c(C(=O)NC2(C)CCCCC2C(=O)O)cnn1C(C)(C)C. The molecule has 0 aliphatic heterocycles. The molecule has 1 amide bonds. The van der Waals surface area contributed by atoms with E-state index in [1.165, 1.54) is 0 Å². The third kappa shape index (κ3) is 3.41. The Morgan fingerprint density at radius 1 is 1.39 bits per heavy atom. The zero-order valence-corrected chi connectivity index (χ0v) is 14.6. The highest BCUT2D eigenvalue weighted by molar-refractivity contribution is 5.96. The summed E-state index contributed by atoms with van der Waals surface area (Å²) in [7, 11) is 0. The van der Waals surface area contributed by atoms with Crippen LogP contribution in [0.5, 0.6) is 0 Å². The van der Waals surface area contributed by atoms with Gasteiger partial charge in [-0.25, -0.2) is 0 Å². The molecular formula is C17H27N3O3. The number of hydrogen-bond acceptors (Lipinski definition) is 3. The van der Waals surface area contributed by atoms with E-state index in [2.05, 4.69) is 10.4 Å². The predicted molar refractivity (Wildman–Crippen MR) is 87.4 cm³/mol. The lowest BCUT2D eigenvalue weighted by molar-refractivity contribution is -0.145. The molecule has 6 nitrogen and oxygen atoms in total. The van der Waals surface area contributed by atoms with Crippen molar-refractivity contribution in [2.75, 3.05) is 0 Å². The van der Waals surface area contributed by atoms with Gasteiger partial charge < -0.3 is 10.4 Å². The van der Waals surface area contributed by atoms with Crippen molar-refractivity contribution in [1.82, 2.24) is 15.1 Å². The van der Waals surface area contributed by atoms with E-state index in [0.29, 0.717) is 18.4 Å². The Labute approximate surface area is 137 Å². The molecule has 0 saturated heterocycles. The van der Waals surface area contributed by atoms with Gasteiger partial charge in [-0.2, -0.15) is 5.10 Å². The summed E-state index contributed by atoms with van der Waals surface area (Å²) in [5, 5.41) is 16.7. The van der Waals surface area contributed by atoms with Gasteiger partial charge in [0.25, 0.3) is 5.91 Å². The molecule has 0 aromatic carbocycles. The predicted octanol–water partition coefficient (Wildman–Crippen LogP) is 2.71. The van der Waals surface area contributed by atoms with Crippen LogP contribution in [0.15, 0.2) is 6.20 Å². The molecule has 0 radical (unpaired) electrons. The van der Waals surface area contributed by atoms with Gasteiger partial charge in [-0.05, 0) is 47.5 Å². The van der Waals surface area contributed by atoms with Crippen molar-refractivity contribution in [2.45, 2.75) is 71.4 Å². The summed E-state index contributed by atoms with van der Waals surface area (Å²) < 4.78 is 1.82. The maximum absolute atomic E-state index is 12.7. The summed E-state index contributed by atoms with van der Waals surface area (Å²) in [6.45, 7) is 9.78. The summed E-state index contributed by atoms with van der Waals surface area (Å²) in [6, 6.07) is 0. The second kappa shape index (κ2) is 5.98. The molecule has 1 aromatic rings. The van der Waals surface area contributed by atoms with E-state index >= 15 is 0 Å². The van der Waals surface area contributed by atoms with Crippen LogP contribution in [-0.2, 0) is 10.3 Å². The Morgan fingerprint density at radius 3 is 2.57 bits per heavy atom. The standard InChI is InChI=1S/C17H27N3O3/c1-11-12(10-18-20(11)16(2,3)4)14(21)19-17(5)9-7-6-8-13(17)15(22)23/h10,13H,6-9H2,1-5H3,(H,19,21)(H,22,23). The van der Waals surface area contributed by atoms with Crippen LogP contribution in [0, 0.1) is 12.8 Å². The lowest BCUT2D eigenvalue weighted by atomic mass is 9.73. The van der Waals surface area contributed by atoms with E-state index in [9.17, 15) is 14.7 Å². The van der Waals surface area contributed by atoms with Crippen LogP contribution in [0.2, 0.25) is 0 Å². The molecule has 6 heteroatoms. The highest BCUT2D eigenvalue weighted by Gasteiger charge is 2.42. The Kier molecular flexibility index (Phi) is 4.55. The molecule has 2 atom stereocenters. The van der Waals surface area contributed by atoms with Crippen molar-refractivity contribution in [3.63, 3.8) is 0 Å². The highest BCUT2D eigenvalue weighted by Crippen LogP contribution is 2.34. The maximum Gasteiger partial charge on any atom is 0.308 e. The average molecular weight is 321 g/mol. The van der Waals surface area contributed by atoms with Crippen molar-refractivity contribution < 1.29 is 14.7 Å². The Morgan fingerprint density at radius 2 is 2.04 bits per heavy atom. The highest BCUT2D eigenvalue weighted by atomic mass is 16.4. The zero-order valence-electron chi connectivity index (χ0n) is 14.6. The first kappa shape index (κ1) is 17.5. The van der Waals surface area contributed by atoms with E-state index in [-0.39, 0.29) is 11.4 Å². The lowest BCUT2D eigenvalue weighted by Gasteiger charge is -2.39. The number of aliphatic carboxylic acids is 1. The molecule has 2 N–H and O–H groups in total. The fourth-order valence-electron chi connectivity index (χ4n) is 3.51. The smallest absolute Gasteiger partial charge is 0.308 e. The summed E-state index contributed by atoms with van der Waals surface area (Å²) in [5.74, 6) is -1.62. The monoisotopic (exact) mass is 321 g/mol. The van der Waals surface area contributed by atoms with E-state index in [1.807, 2.05) is 39.3 Å². The molecule has 1 aliphatic rings. The minimum atomic E-state index is -0.838. The van der Waals surface area contributed by atoms with Gasteiger partial charge in [0.15, 0.2) is 0 Å². The first-order valence-electron chi connectivity index (χ1n) is 8.17. The maximum atomic E-state index is 12.7. The van der Waals surface area contributed by atoms with E-state index in [4.69, 9.17) is 0 Å². The molecule has 1 aromatic heterocycles. The van der Waals surface area contributed by atoms with Crippen LogP contribution in [0.3, 0.4) is 0 Å². The van der Waals surface area contributed by atoms with Gasteiger partial charge in [0.1, 0.15) is 0 Å². The Hall–Kier alpha value is -1.85. The number of rotatable bonds is 3. The van der Waals surface area contributed by atoms with Crippen molar-refractivity contribution >= 4 is 11.9 Å². The van der Waals surface area contributed by atoms with Gasteiger partial charge in [-0.15, -0.1) is 0 Å². The summed E-state index contributed by atoms with van der Waals surface area (Å²) in [4.78, 5) is 24.2. The van der Waals surface area contributed by atoms with Crippen LogP contribution in [0.25, 0.3) is 0 Å². The van der Waals surface area contributed by atoms with E-state index in [1.54, 1.807) is 6.20 Å². The first-order valence-corrected chi connectivity index (χ1v) is 8.17. The summed E-state index contributed by atoms with van der Waals surface area (Å²) in [6.07, 6.45) is 4.68. The van der Waals surface area contributed by atoms with Crippen LogP contribution in [-0.4, -0.2) is 32.3 Å². The number of hydrogen-bond donors (Lipinski definition) is 2. The minimum absolute atomic E-state index is 0.207. The third-order valence-electron chi connectivity index (χ3n) is 4.80. The fourth-order valence-corrected chi connectivity index (χ4v) is 3.51. The van der Waals surface area contributed by atoms with Gasteiger partial charge in [0, 0.05) is 5.69 Å².